The van der Waals surface area contributed by atoms with Crippen LogP contribution in [0.5, 0.6) is 0 Å². The van der Waals surface area contributed by atoms with Gasteiger partial charge < -0.3 is 10.6 Å². The van der Waals surface area contributed by atoms with Gasteiger partial charge in [-0.25, -0.2) is 0 Å². The van der Waals surface area contributed by atoms with Crippen LogP contribution in [0.3, 0.4) is 0 Å². The minimum Gasteiger partial charge on any atom is -0.388 e. The summed E-state index contributed by atoms with van der Waals surface area (Å²) in [5, 5.41) is 0. The van der Waals surface area contributed by atoms with E-state index in [1.165, 1.54) is 25.7 Å². The van der Waals surface area contributed by atoms with E-state index in [0.29, 0.717) is 16.7 Å². The molecule has 0 aliphatic heterocycles. The Morgan fingerprint density at radius 2 is 2.19 bits per heavy atom. The second-order valence-corrected chi connectivity index (χ2v) is 4.75. The van der Waals surface area contributed by atoms with Crippen LogP contribution in [-0.2, 0) is 0 Å². The Morgan fingerprint density at radius 1 is 1.50 bits per heavy atom. The fourth-order valence-electron chi connectivity index (χ4n) is 2.28. The molecule has 1 heterocycles. The summed E-state index contributed by atoms with van der Waals surface area (Å²) in [6, 6.07) is 4.64. The maximum absolute atomic E-state index is 5.59. The van der Waals surface area contributed by atoms with E-state index in [9.17, 15) is 0 Å². The molecule has 1 aromatic rings. The second-order valence-electron chi connectivity index (χ2n) is 4.31. The molecule has 0 unspecified atom stereocenters. The van der Waals surface area contributed by atoms with Crippen LogP contribution in [0.1, 0.15) is 31.4 Å². The molecule has 0 amide bonds. The summed E-state index contributed by atoms with van der Waals surface area (Å²) in [5.41, 5.74) is 7.45. The van der Waals surface area contributed by atoms with Crippen LogP contribution in [0, 0.1) is 0 Å². The third-order valence-corrected chi connectivity index (χ3v) is 3.48. The van der Waals surface area contributed by atoms with Crippen molar-refractivity contribution in [1.82, 2.24) is 4.98 Å². The molecule has 1 aliphatic rings. The zero-order valence-electron chi connectivity index (χ0n) is 9.52. The molecule has 1 aromatic heterocycles. The molecular weight excluding hydrogens is 218 g/mol. The van der Waals surface area contributed by atoms with E-state index >= 15 is 0 Å². The van der Waals surface area contributed by atoms with E-state index < -0.39 is 0 Å². The van der Waals surface area contributed by atoms with E-state index in [1.807, 2.05) is 12.1 Å². The van der Waals surface area contributed by atoms with Gasteiger partial charge >= 0.3 is 0 Å². The number of pyridine rings is 1. The van der Waals surface area contributed by atoms with Crippen LogP contribution in [0.25, 0.3) is 0 Å². The lowest BCUT2D eigenvalue weighted by Gasteiger charge is -2.26. The highest BCUT2D eigenvalue weighted by Crippen LogP contribution is 2.26. The van der Waals surface area contributed by atoms with Crippen molar-refractivity contribution >= 4 is 22.9 Å². The minimum atomic E-state index is 0.363. The standard InChI is InChI=1S/C12H17N3S/c1-15(9-4-2-3-5-9)10-6-7-14-11(8-10)12(13)16/h6-9H,2-5H2,1H3,(H2,13,16). The average Bonchev–Trinajstić information content (AvgIpc) is 2.81. The lowest BCUT2D eigenvalue weighted by molar-refractivity contribution is 0.653. The van der Waals surface area contributed by atoms with Crippen molar-refractivity contribution in [2.75, 3.05) is 11.9 Å². The zero-order chi connectivity index (χ0) is 11.5. The van der Waals surface area contributed by atoms with Gasteiger partial charge in [0.15, 0.2) is 0 Å². The van der Waals surface area contributed by atoms with Crippen molar-refractivity contribution in [2.24, 2.45) is 5.73 Å². The first kappa shape index (κ1) is 11.3. The smallest absolute Gasteiger partial charge is 0.122 e. The lowest BCUT2D eigenvalue weighted by atomic mass is 10.2. The van der Waals surface area contributed by atoms with Crippen molar-refractivity contribution in [3.05, 3.63) is 24.0 Å². The van der Waals surface area contributed by atoms with Gasteiger partial charge in [0.05, 0.1) is 5.69 Å². The Labute approximate surface area is 102 Å². The molecule has 4 heteroatoms. The van der Waals surface area contributed by atoms with Crippen molar-refractivity contribution in [2.45, 2.75) is 31.7 Å². The number of hydrogen-bond acceptors (Lipinski definition) is 3. The van der Waals surface area contributed by atoms with Crippen LogP contribution < -0.4 is 10.6 Å². The monoisotopic (exact) mass is 235 g/mol. The van der Waals surface area contributed by atoms with Crippen LogP contribution in [-0.4, -0.2) is 23.1 Å². The Kier molecular flexibility index (Phi) is 3.39. The first-order valence-electron chi connectivity index (χ1n) is 5.67. The summed E-state index contributed by atoms with van der Waals surface area (Å²) >= 11 is 4.94. The highest BCUT2D eigenvalue weighted by molar-refractivity contribution is 7.80. The summed E-state index contributed by atoms with van der Waals surface area (Å²) in [6.45, 7) is 0. The topological polar surface area (TPSA) is 42.2 Å². The average molecular weight is 235 g/mol. The van der Waals surface area contributed by atoms with Crippen molar-refractivity contribution in [3.8, 4) is 0 Å². The summed E-state index contributed by atoms with van der Waals surface area (Å²) in [7, 11) is 2.13. The van der Waals surface area contributed by atoms with Gasteiger partial charge in [0.1, 0.15) is 4.99 Å². The van der Waals surface area contributed by atoms with Crippen LogP contribution >= 0.6 is 12.2 Å². The predicted octanol–water partition coefficient (Wildman–Crippen LogP) is 2.09. The third-order valence-electron chi connectivity index (χ3n) is 3.28. The molecule has 1 fully saturated rings. The van der Waals surface area contributed by atoms with Crippen molar-refractivity contribution < 1.29 is 0 Å². The molecule has 0 spiro atoms. The molecule has 0 radical (unpaired) electrons. The number of anilines is 1. The Bertz CT molecular complexity index is 386. The molecule has 2 N–H and O–H groups in total. The molecule has 1 saturated carbocycles. The minimum absolute atomic E-state index is 0.363. The summed E-state index contributed by atoms with van der Waals surface area (Å²) < 4.78 is 0. The SMILES string of the molecule is CN(c1ccnc(C(N)=S)c1)C1CCCC1. The first-order valence-corrected chi connectivity index (χ1v) is 6.08. The van der Waals surface area contributed by atoms with Gasteiger partial charge in [0.2, 0.25) is 0 Å². The van der Waals surface area contributed by atoms with Crippen molar-refractivity contribution in [3.63, 3.8) is 0 Å². The maximum Gasteiger partial charge on any atom is 0.122 e. The van der Waals surface area contributed by atoms with Gasteiger partial charge in [-0.3, -0.25) is 4.98 Å². The highest BCUT2D eigenvalue weighted by atomic mass is 32.1. The number of hydrogen-bond donors (Lipinski definition) is 1. The molecule has 16 heavy (non-hydrogen) atoms. The molecule has 0 aromatic carbocycles. The van der Waals surface area contributed by atoms with Crippen LogP contribution in [0.15, 0.2) is 18.3 Å². The first-order chi connectivity index (χ1) is 7.68. The van der Waals surface area contributed by atoms with Gasteiger partial charge in [0, 0.05) is 25.0 Å². The number of aromatic nitrogens is 1. The maximum atomic E-state index is 5.59. The van der Waals surface area contributed by atoms with Gasteiger partial charge in [0.25, 0.3) is 0 Å². The molecule has 86 valence electrons. The number of rotatable bonds is 3. The molecule has 2 rings (SSSR count). The van der Waals surface area contributed by atoms with Crippen LogP contribution in [0.4, 0.5) is 5.69 Å². The second kappa shape index (κ2) is 4.78. The van der Waals surface area contributed by atoms with E-state index in [0.717, 1.165) is 5.69 Å². The Morgan fingerprint density at radius 3 is 2.81 bits per heavy atom. The van der Waals surface area contributed by atoms with E-state index in [1.54, 1.807) is 6.20 Å². The zero-order valence-corrected chi connectivity index (χ0v) is 10.3. The third kappa shape index (κ3) is 2.32. The lowest BCUT2D eigenvalue weighted by Crippen LogP contribution is -2.29. The number of nitrogens with zero attached hydrogens (tertiary/aromatic N) is 2. The Balaban J connectivity index is 2.18. The molecule has 3 nitrogen and oxygen atoms in total. The normalized spacial score (nSPS) is 16.3. The van der Waals surface area contributed by atoms with E-state index in [-0.39, 0.29) is 0 Å². The predicted molar refractivity (Wildman–Crippen MR) is 70.8 cm³/mol. The Hall–Kier alpha value is -1.16. The van der Waals surface area contributed by atoms with Gasteiger partial charge in [-0.1, -0.05) is 25.1 Å². The molecule has 0 atom stereocenters. The molecule has 0 bridgehead atoms. The van der Waals surface area contributed by atoms with Crippen molar-refractivity contribution in [1.29, 1.82) is 0 Å². The summed E-state index contributed by atoms with van der Waals surface area (Å²) in [6.07, 6.45) is 7.00. The summed E-state index contributed by atoms with van der Waals surface area (Å²) in [5.74, 6) is 0. The van der Waals surface area contributed by atoms with Crippen LogP contribution in [0.2, 0.25) is 0 Å². The molecule has 0 saturated heterocycles. The summed E-state index contributed by atoms with van der Waals surface area (Å²) in [4.78, 5) is 6.83. The number of thiocarbonyl (C=S) groups is 1. The quantitative estimate of drug-likeness (QED) is 0.815. The fourth-order valence-corrected chi connectivity index (χ4v) is 2.39. The molecular formula is C12H17N3S. The van der Waals surface area contributed by atoms with Gasteiger partial charge in [-0.05, 0) is 25.0 Å². The van der Waals surface area contributed by atoms with E-state index in [4.69, 9.17) is 18.0 Å². The number of nitrogens with two attached hydrogens (primary N) is 1. The van der Waals surface area contributed by atoms with Gasteiger partial charge in [-0.2, -0.15) is 0 Å². The fraction of sp³-hybridized carbons (Fsp3) is 0.500. The molecule has 1 aliphatic carbocycles. The van der Waals surface area contributed by atoms with E-state index in [2.05, 4.69) is 16.9 Å². The van der Waals surface area contributed by atoms with Gasteiger partial charge in [-0.15, -0.1) is 0 Å². The largest absolute Gasteiger partial charge is 0.388 e. The highest BCUT2D eigenvalue weighted by Gasteiger charge is 2.20.